The predicted octanol–water partition coefficient (Wildman–Crippen LogP) is 2.15. The van der Waals surface area contributed by atoms with Gasteiger partial charge in [-0.2, -0.15) is 0 Å². The van der Waals surface area contributed by atoms with E-state index in [4.69, 9.17) is 5.73 Å². The molecule has 0 unspecified atom stereocenters. The summed E-state index contributed by atoms with van der Waals surface area (Å²) in [7, 11) is 0. The Kier molecular flexibility index (Phi) is 3.72. The van der Waals surface area contributed by atoms with Crippen molar-refractivity contribution in [3.8, 4) is 0 Å². The molecule has 0 aromatic heterocycles. The van der Waals surface area contributed by atoms with Gasteiger partial charge in [-0.1, -0.05) is 6.07 Å². The van der Waals surface area contributed by atoms with Crippen LogP contribution in [0, 0.1) is 5.82 Å². The average molecular weight is 217 g/mol. The van der Waals surface area contributed by atoms with Crippen LogP contribution in [0.15, 0.2) is 24.3 Å². The van der Waals surface area contributed by atoms with Crippen molar-refractivity contribution in [2.24, 2.45) is 5.73 Å². The van der Waals surface area contributed by atoms with Crippen molar-refractivity contribution in [1.29, 1.82) is 0 Å². The lowest BCUT2D eigenvalue weighted by Gasteiger charge is -2.33. The molecule has 1 fully saturated rings. The lowest BCUT2D eigenvalue weighted by Crippen LogP contribution is -2.44. The van der Waals surface area contributed by atoms with E-state index in [1.165, 1.54) is 12.1 Å². The molecule has 1 aliphatic rings. The van der Waals surface area contributed by atoms with E-state index >= 15 is 0 Å². The number of hydrogen-bond donors (Lipinski definition) is 2. The van der Waals surface area contributed by atoms with Gasteiger partial charge in [0.25, 0.3) is 0 Å². The summed E-state index contributed by atoms with van der Waals surface area (Å²) in [5.74, 6) is -0.200. The molecule has 3 N–H and O–H groups in total. The molecule has 1 saturated carbocycles. The Morgan fingerprint density at radius 2 is 2.07 bits per heavy atom. The first-order valence-electron chi connectivity index (χ1n) is 4.52. The molecule has 2 rings (SSSR count). The maximum absolute atomic E-state index is 12.8. The van der Waals surface area contributed by atoms with Crippen LogP contribution in [0.5, 0.6) is 0 Å². The maximum atomic E-state index is 12.8. The first-order valence-corrected chi connectivity index (χ1v) is 4.52. The summed E-state index contributed by atoms with van der Waals surface area (Å²) < 4.78 is 12.8. The highest BCUT2D eigenvalue weighted by molar-refractivity contribution is 5.85. The van der Waals surface area contributed by atoms with Crippen LogP contribution in [0.2, 0.25) is 0 Å². The van der Waals surface area contributed by atoms with Crippen LogP contribution in [0.1, 0.15) is 12.8 Å². The molecule has 78 valence electrons. The molecule has 14 heavy (non-hydrogen) atoms. The van der Waals surface area contributed by atoms with Crippen molar-refractivity contribution in [3.63, 3.8) is 0 Å². The topological polar surface area (TPSA) is 38.0 Å². The summed E-state index contributed by atoms with van der Waals surface area (Å²) in [5.41, 5.74) is 6.48. The van der Waals surface area contributed by atoms with Crippen molar-refractivity contribution in [2.45, 2.75) is 24.9 Å². The van der Waals surface area contributed by atoms with E-state index in [1.807, 2.05) is 6.07 Å². The van der Waals surface area contributed by atoms with E-state index in [1.54, 1.807) is 6.07 Å². The van der Waals surface area contributed by atoms with Crippen molar-refractivity contribution < 1.29 is 4.39 Å². The minimum atomic E-state index is -0.200. The molecule has 0 radical (unpaired) electrons. The number of rotatable bonds is 2. The standard InChI is InChI=1S/C10H13FN2.ClH/c11-7-2-1-3-9(4-7)13-10-5-8(12)6-10;/h1-4,8,10,13H,5-6,12H2;1H/t8-,10-;. The molecule has 0 heterocycles. The summed E-state index contributed by atoms with van der Waals surface area (Å²) in [4.78, 5) is 0. The lowest BCUT2D eigenvalue weighted by molar-refractivity contribution is 0.373. The van der Waals surface area contributed by atoms with Gasteiger partial charge in [-0.25, -0.2) is 4.39 Å². The van der Waals surface area contributed by atoms with Crippen LogP contribution in [0.3, 0.4) is 0 Å². The number of nitrogens with two attached hydrogens (primary N) is 1. The molecule has 0 atom stereocenters. The van der Waals surface area contributed by atoms with E-state index in [2.05, 4.69) is 5.32 Å². The quantitative estimate of drug-likeness (QED) is 0.795. The van der Waals surface area contributed by atoms with E-state index in [0.717, 1.165) is 18.5 Å². The smallest absolute Gasteiger partial charge is 0.125 e. The maximum Gasteiger partial charge on any atom is 0.125 e. The molecule has 1 aromatic rings. The van der Waals surface area contributed by atoms with Crippen LogP contribution >= 0.6 is 12.4 Å². The Morgan fingerprint density at radius 3 is 2.64 bits per heavy atom. The van der Waals surface area contributed by atoms with Crippen LogP contribution in [0.4, 0.5) is 10.1 Å². The predicted molar refractivity (Wildman–Crippen MR) is 58.3 cm³/mol. The first kappa shape index (κ1) is 11.3. The third-order valence-corrected chi connectivity index (χ3v) is 2.37. The van der Waals surface area contributed by atoms with Gasteiger partial charge in [-0.3, -0.25) is 0 Å². The fourth-order valence-corrected chi connectivity index (χ4v) is 1.59. The summed E-state index contributed by atoms with van der Waals surface area (Å²) in [5, 5.41) is 3.23. The van der Waals surface area contributed by atoms with Crippen molar-refractivity contribution in [2.75, 3.05) is 5.32 Å². The summed E-state index contributed by atoms with van der Waals surface area (Å²) in [6.45, 7) is 0. The minimum Gasteiger partial charge on any atom is -0.382 e. The van der Waals surface area contributed by atoms with Crippen molar-refractivity contribution in [3.05, 3.63) is 30.1 Å². The van der Waals surface area contributed by atoms with Crippen molar-refractivity contribution >= 4 is 18.1 Å². The van der Waals surface area contributed by atoms with Crippen LogP contribution < -0.4 is 11.1 Å². The molecule has 1 aliphatic carbocycles. The zero-order valence-corrected chi connectivity index (χ0v) is 8.56. The Labute approximate surface area is 89.1 Å². The number of anilines is 1. The monoisotopic (exact) mass is 216 g/mol. The zero-order valence-electron chi connectivity index (χ0n) is 7.74. The zero-order chi connectivity index (χ0) is 9.26. The Bertz CT molecular complexity index is 300. The second kappa shape index (κ2) is 4.62. The number of nitrogens with one attached hydrogen (secondary N) is 1. The van der Waals surface area contributed by atoms with Crippen LogP contribution in [-0.4, -0.2) is 12.1 Å². The molecule has 0 amide bonds. The molecular weight excluding hydrogens is 203 g/mol. The van der Waals surface area contributed by atoms with Gasteiger partial charge < -0.3 is 11.1 Å². The molecule has 0 saturated heterocycles. The molecule has 0 spiro atoms. The molecule has 4 heteroatoms. The molecule has 1 aromatic carbocycles. The minimum absolute atomic E-state index is 0. The van der Waals surface area contributed by atoms with Crippen LogP contribution in [0.25, 0.3) is 0 Å². The SMILES string of the molecule is Cl.N[C@H]1C[C@H](Nc2cccc(F)c2)C1. The number of hydrogen-bond acceptors (Lipinski definition) is 2. The second-order valence-corrected chi connectivity index (χ2v) is 3.58. The molecule has 0 bridgehead atoms. The summed E-state index contributed by atoms with van der Waals surface area (Å²) >= 11 is 0. The van der Waals surface area contributed by atoms with Gasteiger partial charge in [0.1, 0.15) is 5.82 Å². The number of halogens is 2. The van der Waals surface area contributed by atoms with Crippen molar-refractivity contribution in [1.82, 2.24) is 0 Å². The Balaban J connectivity index is 0.000000980. The second-order valence-electron chi connectivity index (χ2n) is 3.58. The fraction of sp³-hybridized carbons (Fsp3) is 0.400. The highest BCUT2D eigenvalue weighted by Gasteiger charge is 2.25. The molecule has 0 aliphatic heterocycles. The van der Waals surface area contributed by atoms with Gasteiger partial charge in [0.2, 0.25) is 0 Å². The van der Waals surface area contributed by atoms with Gasteiger partial charge in [0.05, 0.1) is 0 Å². The molecular formula is C10H14ClFN2. The van der Waals surface area contributed by atoms with E-state index < -0.39 is 0 Å². The van der Waals surface area contributed by atoms with Gasteiger partial charge in [-0.05, 0) is 31.0 Å². The third-order valence-electron chi connectivity index (χ3n) is 2.37. The largest absolute Gasteiger partial charge is 0.382 e. The Hall–Kier alpha value is -0.800. The van der Waals surface area contributed by atoms with Gasteiger partial charge in [-0.15, -0.1) is 12.4 Å². The highest BCUT2D eigenvalue weighted by Crippen LogP contribution is 2.22. The highest BCUT2D eigenvalue weighted by atomic mass is 35.5. The third kappa shape index (κ3) is 2.59. The molecule has 2 nitrogen and oxygen atoms in total. The first-order chi connectivity index (χ1) is 6.24. The lowest BCUT2D eigenvalue weighted by atomic mass is 9.87. The van der Waals surface area contributed by atoms with Gasteiger partial charge in [0.15, 0.2) is 0 Å². The average Bonchev–Trinajstić information content (AvgIpc) is 2.01. The normalized spacial score (nSPS) is 24.7. The summed E-state index contributed by atoms with van der Waals surface area (Å²) in [6, 6.07) is 7.27. The van der Waals surface area contributed by atoms with E-state index in [-0.39, 0.29) is 18.2 Å². The van der Waals surface area contributed by atoms with Crippen LogP contribution in [-0.2, 0) is 0 Å². The number of benzene rings is 1. The Morgan fingerprint density at radius 1 is 1.36 bits per heavy atom. The van der Waals surface area contributed by atoms with Gasteiger partial charge >= 0.3 is 0 Å². The summed E-state index contributed by atoms with van der Waals surface area (Å²) in [6.07, 6.45) is 1.97. The van der Waals surface area contributed by atoms with E-state index in [0.29, 0.717) is 12.1 Å². The van der Waals surface area contributed by atoms with E-state index in [9.17, 15) is 4.39 Å². The van der Waals surface area contributed by atoms with Gasteiger partial charge in [0, 0.05) is 17.8 Å². The fourth-order valence-electron chi connectivity index (χ4n) is 1.59.